The maximum atomic E-state index is 5.64. The van der Waals surface area contributed by atoms with Gasteiger partial charge in [0.05, 0.1) is 25.9 Å². The first kappa shape index (κ1) is 11.2. The molecule has 1 heterocycles. The fourth-order valence-corrected chi connectivity index (χ4v) is 2.70. The van der Waals surface area contributed by atoms with Crippen molar-refractivity contribution in [3.05, 3.63) is 35.4 Å². The van der Waals surface area contributed by atoms with Gasteiger partial charge in [-0.2, -0.15) is 0 Å². The summed E-state index contributed by atoms with van der Waals surface area (Å²) in [4.78, 5) is 0. The van der Waals surface area contributed by atoms with Gasteiger partial charge >= 0.3 is 0 Å². The van der Waals surface area contributed by atoms with Crippen molar-refractivity contribution in [2.75, 3.05) is 26.4 Å². The molecule has 0 aromatic heterocycles. The average Bonchev–Trinajstić information content (AvgIpc) is 2.81. The lowest BCUT2D eigenvalue weighted by atomic mass is 10.1. The van der Waals surface area contributed by atoms with Crippen molar-refractivity contribution < 1.29 is 9.47 Å². The van der Waals surface area contributed by atoms with E-state index < -0.39 is 0 Å². The molecular weight excluding hydrogens is 214 g/mol. The van der Waals surface area contributed by atoms with Crippen LogP contribution in [0.4, 0.5) is 0 Å². The van der Waals surface area contributed by atoms with Crippen molar-refractivity contribution in [1.82, 2.24) is 5.32 Å². The molecule has 1 N–H and O–H groups in total. The first-order chi connectivity index (χ1) is 8.43. The summed E-state index contributed by atoms with van der Waals surface area (Å²) in [6.07, 6.45) is 2.61. The SMILES string of the molecule is c1ccc2c(c1)CCC2NCC1COCCO1. The zero-order chi connectivity index (χ0) is 11.5. The zero-order valence-corrected chi connectivity index (χ0v) is 10.0. The number of fused-ring (bicyclic) bond motifs is 1. The molecule has 2 aliphatic rings. The Bertz CT molecular complexity index is 374. The summed E-state index contributed by atoms with van der Waals surface area (Å²) in [5.74, 6) is 0. The molecule has 2 unspecified atom stereocenters. The molecule has 1 saturated heterocycles. The predicted molar refractivity (Wildman–Crippen MR) is 66.1 cm³/mol. The number of ether oxygens (including phenoxy) is 2. The van der Waals surface area contributed by atoms with Gasteiger partial charge in [0.15, 0.2) is 0 Å². The third-order valence-electron chi connectivity index (χ3n) is 3.61. The summed E-state index contributed by atoms with van der Waals surface area (Å²) in [6.45, 7) is 3.08. The van der Waals surface area contributed by atoms with Crippen LogP contribution in [-0.4, -0.2) is 32.5 Å². The van der Waals surface area contributed by atoms with Crippen molar-refractivity contribution >= 4 is 0 Å². The van der Waals surface area contributed by atoms with Gasteiger partial charge in [-0.15, -0.1) is 0 Å². The molecule has 3 heteroatoms. The Morgan fingerprint density at radius 3 is 3.06 bits per heavy atom. The van der Waals surface area contributed by atoms with Crippen molar-refractivity contribution in [3.8, 4) is 0 Å². The summed E-state index contributed by atoms with van der Waals surface area (Å²) < 4.78 is 11.0. The minimum absolute atomic E-state index is 0.219. The van der Waals surface area contributed by atoms with Crippen molar-refractivity contribution in [1.29, 1.82) is 0 Å². The number of rotatable bonds is 3. The average molecular weight is 233 g/mol. The smallest absolute Gasteiger partial charge is 0.0933 e. The number of hydrogen-bond acceptors (Lipinski definition) is 3. The lowest BCUT2D eigenvalue weighted by Crippen LogP contribution is -2.38. The zero-order valence-electron chi connectivity index (χ0n) is 10.0. The van der Waals surface area contributed by atoms with E-state index in [0.717, 1.165) is 26.4 Å². The Morgan fingerprint density at radius 2 is 2.18 bits per heavy atom. The van der Waals surface area contributed by atoms with Crippen molar-refractivity contribution in [2.45, 2.75) is 25.0 Å². The molecule has 0 bridgehead atoms. The fourth-order valence-electron chi connectivity index (χ4n) is 2.70. The molecule has 3 rings (SSSR count). The molecule has 1 aliphatic carbocycles. The summed E-state index contributed by atoms with van der Waals surface area (Å²) in [6, 6.07) is 9.21. The van der Waals surface area contributed by atoms with Gasteiger partial charge in [-0.25, -0.2) is 0 Å². The fraction of sp³-hybridized carbons (Fsp3) is 0.571. The van der Waals surface area contributed by atoms with Crippen LogP contribution in [0.3, 0.4) is 0 Å². The van der Waals surface area contributed by atoms with Gasteiger partial charge in [0.25, 0.3) is 0 Å². The van der Waals surface area contributed by atoms with E-state index in [1.807, 2.05) is 0 Å². The highest BCUT2D eigenvalue weighted by molar-refractivity contribution is 5.34. The van der Waals surface area contributed by atoms with E-state index in [9.17, 15) is 0 Å². The molecule has 3 nitrogen and oxygen atoms in total. The normalized spacial score (nSPS) is 28.0. The van der Waals surface area contributed by atoms with Crippen molar-refractivity contribution in [2.24, 2.45) is 0 Å². The second-order valence-electron chi connectivity index (χ2n) is 4.77. The first-order valence-electron chi connectivity index (χ1n) is 6.44. The van der Waals surface area contributed by atoms with Crippen LogP contribution in [0, 0.1) is 0 Å². The molecule has 1 fully saturated rings. The monoisotopic (exact) mass is 233 g/mol. The molecule has 1 aromatic rings. The van der Waals surface area contributed by atoms with Gasteiger partial charge in [-0.3, -0.25) is 0 Å². The van der Waals surface area contributed by atoms with Crippen LogP contribution < -0.4 is 5.32 Å². The lowest BCUT2D eigenvalue weighted by molar-refractivity contribution is -0.0870. The summed E-state index contributed by atoms with van der Waals surface area (Å²) in [5, 5.41) is 3.60. The quantitative estimate of drug-likeness (QED) is 0.861. The highest BCUT2D eigenvalue weighted by atomic mass is 16.6. The van der Waals surface area contributed by atoms with Crippen LogP contribution in [0.1, 0.15) is 23.6 Å². The Kier molecular flexibility index (Phi) is 3.41. The first-order valence-corrected chi connectivity index (χ1v) is 6.44. The van der Waals surface area contributed by atoms with Gasteiger partial charge in [-0.1, -0.05) is 24.3 Å². The van der Waals surface area contributed by atoms with Crippen LogP contribution in [0.15, 0.2) is 24.3 Å². The van der Waals surface area contributed by atoms with Gasteiger partial charge in [0.2, 0.25) is 0 Å². The van der Waals surface area contributed by atoms with E-state index in [-0.39, 0.29) is 6.10 Å². The van der Waals surface area contributed by atoms with E-state index in [1.54, 1.807) is 0 Å². The number of hydrogen-bond donors (Lipinski definition) is 1. The number of nitrogens with one attached hydrogen (secondary N) is 1. The highest BCUT2D eigenvalue weighted by Crippen LogP contribution is 2.30. The Balaban J connectivity index is 1.56. The molecule has 92 valence electrons. The number of aryl methyl sites for hydroxylation is 1. The van der Waals surface area contributed by atoms with E-state index in [0.29, 0.717) is 6.04 Å². The second kappa shape index (κ2) is 5.17. The summed E-state index contributed by atoms with van der Waals surface area (Å²) >= 11 is 0. The minimum atomic E-state index is 0.219. The molecule has 0 amide bonds. The van der Waals surface area contributed by atoms with Crippen LogP contribution in [0.25, 0.3) is 0 Å². The maximum absolute atomic E-state index is 5.64. The Labute approximate surface area is 102 Å². The van der Waals surface area contributed by atoms with Crippen molar-refractivity contribution in [3.63, 3.8) is 0 Å². The molecule has 0 spiro atoms. The van der Waals surface area contributed by atoms with E-state index >= 15 is 0 Å². The Morgan fingerprint density at radius 1 is 1.24 bits per heavy atom. The summed E-state index contributed by atoms with van der Waals surface area (Å²) in [5.41, 5.74) is 2.95. The highest BCUT2D eigenvalue weighted by Gasteiger charge is 2.23. The number of benzene rings is 1. The molecule has 2 atom stereocenters. The maximum Gasteiger partial charge on any atom is 0.0933 e. The van der Waals surface area contributed by atoms with Gasteiger partial charge in [0.1, 0.15) is 0 Å². The van der Waals surface area contributed by atoms with Crippen LogP contribution >= 0.6 is 0 Å². The predicted octanol–water partition coefficient (Wildman–Crippen LogP) is 1.68. The largest absolute Gasteiger partial charge is 0.376 e. The topological polar surface area (TPSA) is 30.5 Å². The van der Waals surface area contributed by atoms with Gasteiger partial charge in [0, 0.05) is 12.6 Å². The molecule has 1 aromatic carbocycles. The molecular formula is C14H19NO2. The van der Waals surface area contributed by atoms with Crippen LogP contribution in [0.5, 0.6) is 0 Å². The van der Waals surface area contributed by atoms with Crippen LogP contribution in [0.2, 0.25) is 0 Å². The third-order valence-corrected chi connectivity index (χ3v) is 3.61. The van der Waals surface area contributed by atoms with Gasteiger partial charge in [-0.05, 0) is 24.0 Å². The minimum Gasteiger partial charge on any atom is -0.376 e. The molecule has 1 aliphatic heterocycles. The van der Waals surface area contributed by atoms with E-state index in [1.165, 1.54) is 24.0 Å². The lowest BCUT2D eigenvalue weighted by Gasteiger charge is -2.25. The second-order valence-corrected chi connectivity index (χ2v) is 4.77. The Hall–Kier alpha value is -0.900. The van der Waals surface area contributed by atoms with Crippen LogP contribution in [-0.2, 0) is 15.9 Å². The van der Waals surface area contributed by atoms with E-state index in [4.69, 9.17) is 9.47 Å². The summed E-state index contributed by atoms with van der Waals surface area (Å²) in [7, 11) is 0. The standard InChI is InChI=1S/C14H19NO2/c1-2-4-13-11(3-1)5-6-14(13)15-9-12-10-16-7-8-17-12/h1-4,12,14-15H,5-10H2. The molecule has 0 radical (unpaired) electrons. The molecule has 0 saturated carbocycles. The third kappa shape index (κ3) is 2.51. The molecule has 17 heavy (non-hydrogen) atoms. The van der Waals surface area contributed by atoms with E-state index in [2.05, 4.69) is 29.6 Å². The van der Waals surface area contributed by atoms with Gasteiger partial charge < -0.3 is 14.8 Å².